The highest BCUT2D eigenvalue weighted by molar-refractivity contribution is 5.84. The van der Waals surface area contributed by atoms with Gasteiger partial charge in [0.15, 0.2) is 0 Å². The van der Waals surface area contributed by atoms with E-state index in [0.29, 0.717) is 25.3 Å². The Hall–Kier alpha value is -1.06. The number of carboxylic acids is 1. The Kier molecular flexibility index (Phi) is 6.16. The molecule has 0 saturated heterocycles. The fraction of sp³-hybridized carbons (Fsp3) is 0.857. The van der Waals surface area contributed by atoms with Gasteiger partial charge in [0.1, 0.15) is 0 Å². The predicted octanol–water partition coefficient (Wildman–Crippen LogP) is 2.43. The monoisotopic (exact) mass is 255 g/mol. The molecule has 0 aliphatic heterocycles. The second kappa shape index (κ2) is 7.39. The van der Waals surface area contributed by atoms with Gasteiger partial charge in [-0.2, -0.15) is 0 Å². The Morgan fingerprint density at radius 1 is 1.17 bits per heavy atom. The summed E-state index contributed by atoms with van der Waals surface area (Å²) in [5.41, 5.74) is 0. The molecule has 2 unspecified atom stereocenters. The van der Waals surface area contributed by atoms with E-state index in [2.05, 4.69) is 19.2 Å². The number of carbonyl (C=O) groups excluding carboxylic acids is 1. The van der Waals surface area contributed by atoms with Gasteiger partial charge in [-0.15, -0.1) is 0 Å². The van der Waals surface area contributed by atoms with Crippen molar-refractivity contribution in [2.45, 2.75) is 52.4 Å². The first-order valence-corrected chi connectivity index (χ1v) is 7.10. The van der Waals surface area contributed by atoms with Gasteiger partial charge in [-0.1, -0.05) is 39.5 Å². The summed E-state index contributed by atoms with van der Waals surface area (Å²) >= 11 is 0. The van der Waals surface area contributed by atoms with Crippen molar-refractivity contribution in [3.63, 3.8) is 0 Å². The molecule has 1 aliphatic rings. The maximum absolute atomic E-state index is 12.1. The van der Waals surface area contributed by atoms with E-state index in [-0.39, 0.29) is 11.8 Å². The van der Waals surface area contributed by atoms with E-state index in [0.717, 1.165) is 25.7 Å². The number of rotatable bonds is 6. The zero-order valence-corrected chi connectivity index (χ0v) is 11.4. The third kappa shape index (κ3) is 4.00. The number of hydrogen-bond acceptors (Lipinski definition) is 2. The van der Waals surface area contributed by atoms with Gasteiger partial charge >= 0.3 is 5.97 Å². The number of hydrogen-bond donors (Lipinski definition) is 2. The van der Waals surface area contributed by atoms with Crippen LogP contribution in [-0.2, 0) is 9.59 Å². The van der Waals surface area contributed by atoms with Crippen LogP contribution in [0.1, 0.15) is 52.4 Å². The van der Waals surface area contributed by atoms with Gasteiger partial charge in [0.25, 0.3) is 0 Å². The van der Waals surface area contributed by atoms with Crippen molar-refractivity contribution >= 4 is 11.9 Å². The summed E-state index contributed by atoms with van der Waals surface area (Å²) in [5, 5.41) is 12.1. The molecule has 2 N–H and O–H groups in total. The first-order valence-electron chi connectivity index (χ1n) is 7.10. The summed E-state index contributed by atoms with van der Waals surface area (Å²) in [6.45, 7) is 4.90. The van der Waals surface area contributed by atoms with Crippen LogP contribution in [-0.4, -0.2) is 23.5 Å². The highest BCUT2D eigenvalue weighted by Gasteiger charge is 2.35. The van der Waals surface area contributed by atoms with Crippen LogP contribution in [0.25, 0.3) is 0 Å². The second-order valence-electron chi connectivity index (χ2n) is 5.26. The van der Waals surface area contributed by atoms with Gasteiger partial charge < -0.3 is 10.4 Å². The minimum absolute atomic E-state index is 0.0611. The predicted molar refractivity (Wildman–Crippen MR) is 70.2 cm³/mol. The van der Waals surface area contributed by atoms with Gasteiger partial charge in [-0.05, 0) is 18.8 Å². The molecule has 0 aromatic carbocycles. The van der Waals surface area contributed by atoms with Crippen LogP contribution in [0.2, 0.25) is 0 Å². The summed E-state index contributed by atoms with van der Waals surface area (Å²) < 4.78 is 0. The molecule has 1 rings (SSSR count). The molecule has 1 saturated carbocycles. The Balaban J connectivity index is 2.50. The molecule has 1 amide bonds. The van der Waals surface area contributed by atoms with Crippen molar-refractivity contribution in [3.05, 3.63) is 0 Å². The van der Waals surface area contributed by atoms with Crippen molar-refractivity contribution in [2.75, 3.05) is 6.54 Å². The summed E-state index contributed by atoms with van der Waals surface area (Å²) in [6.07, 6.45) is 5.33. The lowest BCUT2D eigenvalue weighted by Crippen LogP contribution is -2.41. The van der Waals surface area contributed by atoms with Gasteiger partial charge in [-0.3, -0.25) is 9.59 Å². The Bertz CT molecular complexity index is 287. The topological polar surface area (TPSA) is 66.4 Å². The molecule has 4 heteroatoms. The lowest BCUT2D eigenvalue weighted by Gasteiger charge is -2.28. The number of amides is 1. The Labute approximate surface area is 109 Å². The van der Waals surface area contributed by atoms with E-state index in [1.807, 2.05) is 0 Å². The molecular formula is C14H25NO3. The van der Waals surface area contributed by atoms with Crippen molar-refractivity contribution in [1.29, 1.82) is 0 Å². The number of carbonyl (C=O) groups is 2. The van der Waals surface area contributed by atoms with Crippen molar-refractivity contribution < 1.29 is 14.7 Å². The maximum atomic E-state index is 12.1. The number of carboxylic acid groups (broad SMARTS) is 1. The van der Waals surface area contributed by atoms with Crippen LogP contribution >= 0.6 is 0 Å². The molecule has 18 heavy (non-hydrogen) atoms. The van der Waals surface area contributed by atoms with E-state index in [1.165, 1.54) is 0 Å². The summed E-state index contributed by atoms with van der Waals surface area (Å²) in [7, 11) is 0. The van der Waals surface area contributed by atoms with Crippen LogP contribution in [0.3, 0.4) is 0 Å². The average molecular weight is 255 g/mol. The quantitative estimate of drug-likeness (QED) is 0.766. The highest BCUT2D eigenvalue weighted by Crippen LogP contribution is 2.30. The fourth-order valence-electron chi connectivity index (χ4n) is 2.69. The van der Waals surface area contributed by atoms with Crippen LogP contribution in [0, 0.1) is 17.8 Å². The normalized spacial score (nSPS) is 23.9. The average Bonchev–Trinajstić information content (AvgIpc) is 2.39. The van der Waals surface area contributed by atoms with Gasteiger partial charge in [-0.25, -0.2) is 0 Å². The van der Waals surface area contributed by atoms with E-state index < -0.39 is 11.9 Å². The first kappa shape index (κ1) is 15.0. The van der Waals surface area contributed by atoms with Crippen LogP contribution in [0.5, 0.6) is 0 Å². The Morgan fingerprint density at radius 2 is 1.72 bits per heavy atom. The molecule has 2 atom stereocenters. The summed E-state index contributed by atoms with van der Waals surface area (Å²) in [6, 6.07) is 0. The molecule has 0 bridgehead atoms. The Morgan fingerprint density at radius 3 is 2.22 bits per heavy atom. The van der Waals surface area contributed by atoms with Gasteiger partial charge in [0.05, 0.1) is 11.8 Å². The van der Waals surface area contributed by atoms with E-state index in [1.54, 1.807) is 0 Å². The molecule has 0 heterocycles. The van der Waals surface area contributed by atoms with Gasteiger partial charge in [0.2, 0.25) is 5.91 Å². The van der Waals surface area contributed by atoms with Crippen LogP contribution in [0.15, 0.2) is 0 Å². The van der Waals surface area contributed by atoms with E-state index >= 15 is 0 Å². The third-order valence-corrected chi connectivity index (χ3v) is 4.14. The van der Waals surface area contributed by atoms with Crippen molar-refractivity contribution in [3.8, 4) is 0 Å². The third-order valence-electron chi connectivity index (χ3n) is 4.14. The minimum Gasteiger partial charge on any atom is -0.481 e. The molecular weight excluding hydrogens is 230 g/mol. The van der Waals surface area contributed by atoms with Crippen molar-refractivity contribution in [1.82, 2.24) is 5.32 Å². The number of aliphatic carboxylic acids is 1. The molecule has 0 aromatic heterocycles. The lowest BCUT2D eigenvalue weighted by molar-refractivity contribution is -0.148. The summed E-state index contributed by atoms with van der Waals surface area (Å²) in [4.78, 5) is 23.2. The first-order chi connectivity index (χ1) is 8.60. The lowest BCUT2D eigenvalue weighted by atomic mass is 9.78. The zero-order chi connectivity index (χ0) is 13.5. The van der Waals surface area contributed by atoms with E-state index in [4.69, 9.17) is 5.11 Å². The molecule has 1 fully saturated rings. The standard InChI is InChI=1S/C14H25NO3/c1-3-10(4-2)9-15-13(16)11-7-5-6-8-12(11)14(17)18/h10-12H,3-9H2,1-2H3,(H,15,16)(H,17,18). The van der Waals surface area contributed by atoms with Crippen LogP contribution < -0.4 is 5.32 Å². The molecule has 0 radical (unpaired) electrons. The van der Waals surface area contributed by atoms with Crippen molar-refractivity contribution in [2.24, 2.45) is 17.8 Å². The summed E-state index contributed by atoms with van der Waals surface area (Å²) in [5.74, 6) is -1.20. The van der Waals surface area contributed by atoms with Gasteiger partial charge in [0, 0.05) is 6.54 Å². The molecule has 0 spiro atoms. The minimum atomic E-state index is -0.822. The maximum Gasteiger partial charge on any atom is 0.307 e. The molecule has 0 aromatic rings. The smallest absolute Gasteiger partial charge is 0.307 e. The molecule has 104 valence electrons. The van der Waals surface area contributed by atoms with Crippen LogP contribution in [0.4, 0.5) is 0 Å². The zero-order valence-electron chi connectivity index (χ0n) is 11.4. The SMILES string of the molecule is CCC(CC)CNC(=O)C1CCCCC1C(=O)O. The highest BCUT2D eigenvalue weighted by atomic mass is 16.4. The fourth-order valence-corrected chi connectivity index (χ4v) is 2.69. The second-order valence-corrected chi connectivity index (χ2v) is 5.26. The molecule has 1 aliphatic carbocycles. The molecule has 4 nitrogen and oxygen atoms in total. The van der Waals surface area contributed by atoms with E-state index in [9.17, 15) is 9.59 Å². The largest absolute Gasteiger partial charge is 0.481 e. The number of nitrogens with one attached hydrogen (secondary N) is 1.